The van der Waals surface area contributed by atoms with Gasteiger partial charge in [-0.3, -0.25) is 9.78 Å². The van der Waals surface area contributed by atoms with Crippen molar-refractivity contribution in [3.63, 3.8) is 0 Å². The first-order chi connectivity index (χ1) is 9.06. The Balaban J connectivity index is 2.53. The van der Waals surface area contributed by atoms with Crippen molar-refractivity contribution >= 4 is 39.4 Å². The van der Waals surface area contributed by atoms with E-state index in [1.165, 1.54) is 6.20 Å². The molecule has 0 unspecified atom stereocenters. The van der Waals surface area contributed by atoms with Gasteiger partial charge in [-0.25, -0.2) is 4.79 Å². The second-order valence-electron chi connectivity index (χ2n) is 3.94. The first-order valence-electron chi connectivity index (χ1n) is 5.31. The maximum Gasteiger partial charge on any atom is 0.371 e. The lowest BCUT2D eigenvalue weighted by molar-refractivity contribution is 0.0663. The van der Waals surface area contributed by atoms with Gasteiger partial charge in [0, 0.05) is 22.7 Å². The highest BCUT2D eigenvalue weighted by Gasteiger charge is 2.13. The molecule has 2 heterocycles. The number of benzene rings is 1. The summed E-state index contributed by atoms with van der Waals surface area (Å²) in [7, 11) is 0. The zero-order valence-electron chi connectivity index (χ0n) is 9.38. The molecule has 3 rings (SSSR count). The molecule has 0 bridgehead atoms. The Bertz CT molecular complexity index is 885. The number of nitrogens with zero attached hydrogens (tertiary/aromatic N) is 1. The van der Waals surface area contributed by atoms with Crippen molar-refractivity contribution in [2.45, 2.75) is 0 Å². The van der Waals surface area contributed by atoms with Crippen LogP contribution < -0.4 is 5.43 Å². The average molecular weight is 276 g/mol. The van der Waals surface area contributed by atoms with E-state index in [1.807, 2.05) is 0 Å². The number of fused-ring (bicyclic) bond motifs is 3. The lowest BCUT2D eigenvalue weighted by atomic mass is 10.1. The third-order valence-corrected chi connectivity index (χ3v) is 2.97. The average Bonchev–Trinajstić information content (AvgIpc) is 2.37. The molecule has 6 heteroatoms. The molecule has 1 N–H and O–H groups in total. The van der Waals surface area contributed by atoms with E-state index < -0.39 is 17.2 Å². The second-order valence-corrected chi connectivity index (χ2v) is 4.38. The van der Waals surface area contributed by atoms with Gasteiger partial charge in [0.15, 0.2) is 5.43 Å². The van der Waals surface area contributed by atoms with E-state index in [2.05, 4.69) is 4.98 Å². The van der Waals surface area contributed by atoms with Gasteiger partial charge < -0.3 is 9.52 Å². The van der Waals surface area contributed by atoms with Crippen molar-refractivity contribution in [3.8, 4) is 0 Å². The number of carbonyl (C=O) groups is 1. The van der Waals surface area contributed by atoms with Crippen molar-refractivity contribution in [2.75, 3.05) is 0 Å². The molecule has 0 spiro atoms. The van der Waals surface area contributed by atoms with Crippen LogP contribution >= 0.6 is 11.6 Å². The summed E-state index contributed by atoms with van der Waals surface area (Å²) in [5.74, 6) is -1.70. The molecule has 1 aromatic carbocycles. The molecule has 0 aliphatic heterocycles. The third kappa shape index (κ3) is 1.84. The molecular formula is C13H6ClNO4. The van der Waals surface area contributed by atoms with Gasteiger partial charge in [-0.2, -0.15) is 0 Å². The molecule has 3 aromatic rings. The Kier molecular flexibility index (Phi) is 2.50. The minimum Gasteiger partial charge on any atom is -0.475 e. The third-order valence-electron chi connectivity index (χ3n) is 2.73. The quantitative estimate of drug-likeness (QED) is 0.691. The largest absolute Gasteiger partial charge is 0.475 e. The normalized spacial score (nSPS) is 11.0. The number of rotatable bonds is 1. The zero-order chi connectivity index (χ0) is 13.6. The topological polar surface area (TPSA) is 80.4 Å². The Labute approximate surface area is 111 Å². The molecule has 0 radical (unpaired) electrons. The fourth-order valence-electron chi connectivity index (χ4n) is 1.87. The highest BCUT2D eigenvalue weighted by Crippen LogP contribution is 2.24. The maximum absolute atomic E-state index is 11.8. The van der Waals surface area contributed by atoms with E-state index in [1.54, 1.807) is 18.2 Å². The van der Waals surface area contributed by atoms with Gasteiger partial charge in [-0.15, -0.1) is 0 Å². The van der Waals surface area contributed by atoms with Gasteiger partial charge in [0.05, 0.1) is 10.9 Å². The predicted octanol–water partition coefficient (Wildman–Crippen LogP) is 2.69. The molecular weight excluding hydrogens is 270 g/mol. The summed E-state index contributed by atoms with van der Waals surface area (Å²) in [6.45, 7) is 0. The van der Waals surface area contributed by atoms with Crippen LogP contribution in [-0.4, -0.2) is 16.1 Å². The minimum absolute atomic E-state index is 0.201. The molecule has 2 aromatic heterocycles. The number of carboxylic acids is 1. The minimum atomic E-state index is -1.29. The molecule has 0 aliphatic rings. The Morgan fingerprint density at radius 2 is 2.05 bits per heavy atom. The van der Waals surface area contributed by atoms with Gasteiger partial charge in [0.25, 0.3) is 0 Å². The molecule has 0 aliphatic carbocycles. The van der Waals surface area contributed by atoms with E-state index in [9.17, 15) is 9.59 Å². The van der Waals surface area contributed by atoms with E-state index in [-0.39, 0.29) is 11.0 Å². The maximum atomic E-state index is 11.8. The van der Waals surface area contributed by atoms with Crippen molar-refractivity contribution in [1.82, 2.24) is 4.98 Å². The smallest absolute Gasteiger partial charge is 0.371 e. The highest BCUT2D eigenvalue weighted by atomic mass is 35.5. The number of hydrogen-bond donors (Lipinski definition) is 1. The van der Waals surface area contributed by atoms with Gasteiger partial charge in [0.1, 0.15) is 5.58 Å². The standard InChI is InChI=1S/C13H6ClNO4/c14-6-1-2-7-9(3-6)15-5-8-10(16)4-11(13(17)18)19-12(7)8/h1-5H,(H,17,18). The van der Waals surface area contributed by atoms with Crippen LogP contribution in [-0.2, 0) is 0 Å². The van der Waals surface area contributed by atoms with Crippen molar-refractivity contribution in [1.29, 1.82) is 0 Å². The summed E-state index contributed by atoms with van der Waals surface area (Å²) in [6.07, 6.45) is 1.35. The summed E-state index contributed by atoms with van der Waals surface area (Å²) in [5, 5.41) is 10.2. The summed E-state index contributed by atoms with van der Waals surface area (Å²) >= 11 is 5.86. The Morgan fingerprint density at radius 1 is 1.26 bits per heavy atom. The van der Waals surface area contributed by atoms with Crippen LogP contribution in [0.1, 0.15) is 10.6 Å². The number of hydrogen-bond acceptors (Lipinski definition) is 4. The molecule has 0 saturated heterocycles. The number of pyridine rings is 1. The van der Waals surface area contributed by atoms with Crippen LogP contribution in [0.4, 0.5) is 0 Å². The molecule has 0 amide bonds. The van der Waals surface area contributed by atoms with E-state index in [0.29, 0.717) is 15.9 Å². The molecule has 0 atom stereocenters. The van der Waals surface area contributed by atoms with Crippen LogP contribution in [0.3, 0.4) is 0 Å². The van der Waals surface area contributed by atoms with Gasteiger partial charge in [0.2, 0.25) is 5.76 Å². The van der Waals surface area contributed by atoms with Crippen LogP contribution in [0, 0.1) is 0 Å². The van der Waals surface area contributed by atoms with E-state index in [0.717, 1.165) is 6.07 Å². The van der Waals surface area contributed by atoms with Crippen LogP contribution in [0.5, 0.6) is 0 Å². The summed E-state index contributed by atoms with van der Waals surface area (Å²) in [5.41, 5.74) is 0.292. The SMILES string of the molecule is O=C(O)c1cc(=O)c2cnc3cc(Cl)ccc3c2o1. The molecule has 0 saturated carbocycles. The zero-order valence-corrected chi connectivity index (χ0v) is 10.1. The first kappa shape index (κ1) is 11.7. The summed E-state index contributed by atoms with van der Waals surface area (Å²) in [4.78, 5) is 26.9. The predicted molar refractivity (Wildman–Crippen MR) is 69.8 cm³/mol. The van der Waals surface area contributed by atoms with Crippen molar-refractivity contribution in [2.24, 2.45) is 0 Å². The molecule has 0 fully saturated rings. The number of aromatic carboxylic acids is 1. The van der Waals surface area contributed by atoms with E-state index in [4.69, 9.17) is 21.1 Å². The lowest BCUT2D eigenvalue weighted by Crippen LogP contribution is -2.06. The second kappa shape index (κ2) is 4.07. The van der Waals surface area contributed by atoms with Crippen molar-refractivity contribution in [3.05, 3.63) is 51.5 Å². The summed E-state index contributed by atoms with van der Waals surface area (Å²) < 4.78 is 5.27. The van der Waals surface area contributed by atoms with Crippen LogP contribution in [0.25, 0.3) is 21.9 Å². The Morgan fingerprint density at radius 3 is 2.79 bits per heavy atom. The summed E-state index contributed by atoms with van der Waals surface area (Å²) in [6, 6.07) is 5.82. The number of carboxylic acid groups (broad SMARTS) is 1. The van der Waals surface area contributed by atoms with Gasteiger partial charge >= 0.3 is 5.97 Å². The van der Waals surface area contributed by atoms with Gasteiger partial charge in [-0.05, 0) is 18.2 Å². The highest BCUT2D eigenvalue weighted by molar-refractivity contribution is 6.31. The fourth-order valence-corrected chi connectivity index (χ4v) is 2.03. The van der Waals surface area contributed by atoms with Crippen molar-refractivity contribution < 1.29 is 14.3 Å². The molecule has 94 valence electrons. The fraction of sp³-hybridized carbons (Fsp3) is 0. The Hall–Kier alpha value is -2.40. The monoisotopic (exact) mass is 275 g/mol. The number of halogens is 1. The molecule has 19 heavy (non-hydrogen) atoms. The van der Waals surface area contributed by atoms with Crippen LogP contribution in [0.15, 0.2) is 39.7 Å². The van der Waals surface area contributed by atoms with Crippen LogP contribution in [0.2, 0.25) is 5.02 Å². The van der Waals surface area contributed by atoms with E-state index >= 15 is 0 Å². The van der Waals surface area contributed by atoms with Gasteiger partial charge in [-0.1, -0.05) is 11.6 Å². The lowest BCUT2D eigenvalue weighted by Gasteiger charge is -2.03. The first-order valence-corrected chi connectivity index (χ1v) is 5.69. The molecule has 5 nitrogen and oxygen atoms in total. The number of aromatic nitrogens is 1.